The number of hydrogen-bond donors (Lipinski definition) is 2. The zero-order valence-corrected chi connectivity index (χ0v) is 15.2. The number of piperidine rings is 3. The van der Waals surface area contributed by atoms with Gasteiger partial charge in [-0.2, -0.15) is 11.3 Å². The van der Waals surface area contributed by atoms with Gasteiger partial charge in [0.25, 0.3) is 0 Å². The van der Waals surface area contributed by atoms with Gasteiger partial charge in [-0.05, 0) is 49.7 Å². The fraction of sp³-hybridized carbons (Fsp3) is 0.611. The molecule has 4 heterocycles. The monoisotopic (exact) mass is 348 g/mol. The first kappa shape index (κ1) is 17.5. The second kappa shape index (κ2) is 8.14. The Bertz CT molecular complexity index is 547. The number of nitrogens with zero attached hydrogens (tertiary/aromatic N) is 2. The van der Waals surface area contributed by atoms with Gasteiger partial charge in [-0.25, -0.2) is 4.79 Å². The summed E-state index contributed by atoms with van der Waals surface area (Å²) in [5.41, 5.74) is 0.869. The number of carbonyl (C=O) groups is 1. The molecule has 0 aromatic carbocycles. The van der Waals surface area contributed by atoms with Crippen LogP contribution in [-0.4, -0.2) is 61.6 Å². The third-order valence-corrected chi connectivity index (χ3v) is 5.96. The Kier molecular flexibility index (Phi) is 5.92. The highest BCUT2D eigenvalue weighted by Crippen LogP contribution is 2.36. The molecule has 3 aliphatic heterocycles. The summed E-state index contributed by atoms with van der Waals surface area (Å²) in [4.78, 5) is 16.9. The SMILES string of the molecule is C=CCN(C)C[C@@H]1CN2CC[C@H]1C[C@@H]2CNC(=O)Nc1ccsc1. The standard InChI is InChI=1S/C18H28N4OS/c1-3-6-21(2)11-15-12-22-7-4-14(15)9-17(22)10-19-18(23)20-16-5-8-24-13-16/h3,5,8,13-15,17H,1,4,6-7,9-12H2,2H3,(H2,19,20,23)/t14-,15+,17+/m0/s1. The number of thiophene rings is 1. The third kappa shape index (κ3) is 4.37. The Morgan fingerprint density at radius 1 is 1.58 bits per heavy atom. The average Bonchev–Trinajstić information content (AvgIpc) is 3.07. The first-order valence-corrected chi connectivity index (χ1v) is 9.70. The highest BCUT2D eigenvalue weighted by Gasteiger charge is 2.40. The van der Waals surface area contributed by atoms with E-state index in [-0.39, 0.29) is 6.03 Å². The van der Waals surface area contributed by atoms with Gasteiger partial charge in [-0.15, -0.1) is 6.58 Å². The lowest BCUT2D eigenvalue weighted by Crippen LogP contribution is -2.58. The summed E-state index contributed by atoms with van der Waals surface area (Å²) in [6.45, 7) is 8.99. The molecule has 0 radical (unpaired) electrons. The van der Waals surface area contributed by atoms with Gasteiger partial charge in [-0.1, -0.05) is 6.08 Å². The molecule has 2 N–H and O–H groups in total. The molecule has 6 heteroatoms. The number of nitrogens with one attached hydrogen (secondary N) is 2. The summed E-state index contributed by atoms with van der Waals surface area (Å²) >= 11 is 1.59. The predicted octanol–water partition coefficient (Wildman–Crippen LogP) is 2.70. The molecule has 1 unspecified atom stereocenters. The van der Waals surface area contributed by atoms with Gasteiger partial charge < -0.3 is 15.5 Å². The van der Waals surface area contributed by atoms with Crippen LogP contribution in [0.25, 0.3) is 0 Å². The Hall–Kier alpha value is -1.37. The van der Waals surface area contributed by atoms with Crippen LogP contribution in [-0.2, 0) is 0 Å². The zero-order valence-electron chi connectivity index (χ0n) is 14.4. The van der Waals surface area contributed by atoms with Crippen molar-refractivity contribution in [2.24, 2.45) is 11.8 Å². The van der Waals surface area contributed by atoms with Gasteiger partial charge in [-0.3, -0.25) is 4.90 Å². The number of carbonyl (C=O) groups excluding carboxylic acids is 1. The van der Waals surface area contributed by atoms with Crippen molar-refractivity contribution in [3.63, 3.8) is 0 Å². The first-order valence-electron chi connectivity index (χ1n) is 8.76. The van der Waals surface area contributed by atoms with Crippen molar-refractivity contribution >= 4 is 23.1 Å². The number of urea groups is 1. The van der Waals surface area contributed by atoms with E-state index >= 15 is 0 Å². The molecule has 1 aromatic rings. The van der Waals surface area contributed by atoms with Crippen LogP contribution in [0.5, 0.6) is 0 Å². The Labute approximate surface area is 148 Å². The molecule has 3 saturated heterocycles. The maximum Gasteiger partial charge on any atom is 0.319 e. The van der Waals surface area contributed by atoms with E-state index in [1.807, 2.05) is 22.9 Å². The van der Waals surface area contributed by atoms with Crippen molar-refractivity contribution in [2.75, 3.05) is 45.1 Å². The number of amides is 2. The molecule has 4 rings (SSSR count). The number of hydrogen-bond acceptors (Lipinski definition) is 4. The third-order valence-electron chi connectivity index (χ3n) is 5.28. The lowest BCUT2D eigenvalue weighted by Gasteiger charge is -2.50. The molecular formula is C18H28N4OS. The van der Waals surface area contributed by atoms with E-state index in [0.29, 0.717) is 6.04 Å². The normalized spacial score (nSPS) is 28.8. The van der Waals surface area contributed by atoms with Crippen LogP contribution >= 0.6 is 11.3 Å². The average molecular weight is 349 g/mol. The molecular weight excluding hydrogens is 320 g/mol. The minimum Gasteiger partial charge on any atom is -0.336 e. The van der Waals surface area contributed by atoms with Crippen molar-refractivity contribution in [1.82, 2.24) is 15.1 Å². The van der Waals surface area contributed by atoms with Crippen molar-refractivity contribution in [3.05, 3.63) is 29.5 Å². The minimum atomic E-state index is -0.0988. The van der Waals surface area contributed by atoms with Crippen molar-refractivity contribution in [2.45, 2.75) is 18.9 Å². The number of rotatable bonds is 7. The van der Waals surface area contributed by atoms with E-state index in [2.05, 4.69) is 34.1 Å². The quantitative estimate of drug-likeness (QED) is 0.745. The van der Waals surface area contributed by atoms with Crippen LogP contribution in [0.1, 0.15) is 12.8 Å². The molecule has 132 valence electrons. The molecule has 2 bridgehead atoms. The van der Waals surface area contributed by atoms with E-state index in [9.17, 15) is 4.79 Å². The molecule has 0 aliphatic carbocycles. The van der Waals surface area contributed by atoms with E-state index in [1.165, 1.54) is 19.4 Å². The number of anilines is 1. The van der Waals surface area contributed by atoms with Crippen LogP contribution in [0.2, 0.25) is 0 Å². The molecule has 2 amide bonds. The Morgan fingerprint density at radius 3 is 3.12 bits per heavy atom. The molecule has 5 nitrogen and oxygen atoms in total. The Balaban J connectivity index is 1.44. The lowest BCUT2D eigenvalue weighted by atomic mass is 9.75. The second-order valence-electron chi connectivity index (χ2n) is 7.05. The summed E-state index contributed by atoms with van der Waals surface area (Å²) in [6.07, 6.45) is 4.47. The van der Waals surface area contributed by atoms with E-state index in [1.54, 1.807) is 11.3 Å². The maximum absolute atomic E-state index is 12.0. The summed E-state index contributed by atoms with van der Waals surface area (Å²) < 4.78 is 0. The molecule has 0 spiro atoms. The summed E-state index contributed by atoms with van der Waals surface area (Å²) in [7, 11) is 2.17. The maximum atomic E-state index is 12.0. The topological polar surface area (TPSA) is 47.6 Å². The van der Waals surface area contributed by atoms with E-state index < -0.39 is 0 Å². The van der Waals surface area contributed by atoms with Crippen molar-refractivity contribution in [3.8, 4) is 0 Å². The van der Waals surface area contributed by atoms with E-state index in [4.69, 9.17) is 0 Å². The molecule has 4 atom stereocenters. The summed E-state index contributed by atoms with van der Waals surface area (Å²) in [5.74, 6) is 1.54. The Morgan fingerprint density at radius 2 is 2.46 bits per heavy atom. The van der Waals surface area contributed by atoms with Gasteiger partial charge in [0.05, 0.1) is 5.69 Å². The fourth-order valence-electron chi connectivity index (χ4n) is 4.09. The van der Waals surface area contributed by atoms with Gasteiger partial charge in [0, 0.05) is 37.6 Å². The second-order valence-corrected chi connectivity index (χ2v) is 7.83. The zero-order chi connectivity index (χ0) is 16.9. The van der Waals surface area contributed by atoms with Crippen LogP contribution in [0.15, 0.2) is 29.5 Å². The molecule has 3 aliphatic rings. The van der Waals surface area contributed by atoms with E-state index in [0.717, 1.165) is 43.7 Å². The van der Waals surface area contributed by atoms with Gasteiger partial charge in [0.2, 0.25) is 0 Å². The highest BCUT2D eigenvalue weighted by molar-refractivity contribution is 7.08. The van der Waals surface area contributed by atoms with Gasteiger partial charge in [0.1, 0.15) is 0 Å². The van der Waals surface area contributed by atoms with Crippen LogP contribution in [0.4, 0.5) is 10.5 Å². The highest BCUT2D eigenvalue weighted by atomic mass is 32.1. The lowest BCUT2D eigenvalue weighted by molar-refractivity contribution is -0.00709. The number of likely N-dealkylation sites (N-methyl/N-ethyl adjacent to an activating group) is 1. The van der Waals surface area contributed by atoms with Crippen LogP contribution in [0.3, 0.4) is 0 Å². The van der Waals surface area contributed by atoms with Crippen LogP contribution in [0, 0.1) is 11.8 Å². The summed E-state index contributed by atoms with van der Waals surface area (Å²) in [6, 6.07) is 2.30. The molecule has 0 saturated carbocycles. The minimum absolute atomic E-state index is 0.0988. The predicted molar refractivity (Wildman–Crippen MR) is 101 cm³/mol. The molecule has 3 fully saturated rings. The first-order chi connectivity index (χ1) is 11.7. The fourth-order valence-corrected chi connectivity index (χ4v) is 4.67. The van der Waals surface area contributed by atoms with Gasteiger partial charge >= 0.3 is 6.03 Å². The van der Waals surface area contributed by atoms with Crippen LogP contribution < -0.4 is 10.6 Å². The largest absolute Gasteiger partial charge is 0.336 e. The number of fused-ring (bicyclic) bond motifs is 3. The summed E-state index contributed by atoms with van der Waals surface area (Å²) in [5, 5.41) is 9.82. The van der Waals surface area contributed by atoms with Gasteiger partial charge in [0.15, 0.2) is 0 Å². The smallest absolute Gasteiger partial charge is 0.319 e. The molecule has 1 aromatic heterocycles. The molecule has 24 heavy (non-hydrogen) atoms. The van der Waals surface area contributed by atoms with Crippen molar-refractivity contribution < 1.29 is 4.79 Å². The van der Waals surface area contributed by atoms with Crippen molar-refractivity contribution in [1.29, 1.82) is 0 Å².